The number of benzene rings is 2. The molecule has 0 spiro atoms. The van der Waals surface area contributed by atoms with E-state index in [1.54, 1.807) is 13.0 Å². The van der Waals surface area contributed by atoms with Gasteiger partial charge in [0.1, 0.15) is 23.6 Å². The molecule has 3 aromatic rings. The highest BCUT2D eigenvalue weighted by molar-refractivity contribution is 7.90. The monoisotopic (exact) mass is 460 g/mol. The number of aryl methyl sites for hydroxylation is 1. The molecule has 0 aliphatic heterocycles. The lowest BCUT2D eigenvalue weighted by Gasteiger charge is -2.17. The van der Waals surface area contributed by atoms with Crippen LogP contribution in [0.15, 0.2) is 41.4 Å². The van der Waals surface area contributed by atoms with Crippen LogP contribution in [0.2, 0.25) is 10.0 Å². The Hall–Kier alpha value is -2.00. The van der Waals surface area contributed by atoms with Gasteiger partial charge in [0.25, 0.3) is 0 Å². The Labute approximate surface area is 176 Å². The molecule has 1 N–H and O–H groups in total. The Kier molecular flexibility index (Phi) is 6.28. The molecule has 1 unspecified atom stereocenters. The van der Waals surface area contributed by atoms with Gasteiger partial charge in [-0.3, -0.25) is 0 Å². The molecule has 3 rings (SSSR count). The molecule has 2 aromatic carbocycles. The van der Waals surface area contributed by atoms with Gasteiger partial charge in [-0.25, -0.2) is 22.2 Å². The minimum absolute atomic E-state index is 0.0185. The molecule has 154 valence electrons. The SMILES string of the molecule is Cc1[nH]c(C(OCc2ccc(Cl)c(F)c2)c2ccc(F)c(Cl)c2)nc1S(C)(=O)=O. The second-order valence-electron chi connectivity index (χ2n) is 6.44. The summed E-state index contributed by atoms with van der Waals surface area (Å²) in [7, 11) is -3.57. The van der Waals surface area contributed by atoms with E-state index in [-0.39, 0.29) is 27.5 Å². The van der Waals surface area contributed by atoms with Crippen LogP contribution in [0.25, 0.3) is 0 Å². The van der Waals surface area contributed by atoms with Gasteiger partial charge in [0, 0.05) is 6.26 Å². The molecule has 0 bridgehead atoms. The number of nitrogens with one attached hydrogen (secondary N) is 1. The molecule has 29 heavy (non-hydrogen) atoms. The molecular formula is C19H16Cl2F2N2O3S. The van der Waals surface area contributed by atoms with Crippen LogP contribution in [0.1, 0.15) is 28.7 Å². The number of hydrogen-bond acceptors (Lipinski definition) is 4. The molecule has 0 saturated heterocycles. The standard InChI is InChI=1S/C19H16Cl2F2N2O3S/c1-10-19(29(2,26)27)25-18(24-10)17(12-4-6-15(22)14(21)8-12)28-9-11-3-5-13(20)16(23)7-11/h3-8,17H,9H2,1-2H3,(H,24,25). The zero-order valence-corrected chi connectivity index (χ0v) is 17.7. The summed E-state index contributed by atoms with van der Waals surface area (Å²) >= 11 is 11.6. The zero-order chi connectivity index (χ0) is 21.3. The van der Waals surface area contributed by atoms with Crippen molar-refractivity contribution in [2.24, 2.45) is 0 Å². The van der Waals surface area contributed by atoms with Gasteiger partial charge >= 0.3 is 0 Å². The van der Waals surface area contributed by atoms with Gasteiger partial charge in [-0.05, 0) is 42.3 Å². The van der Waals surface area contributed by atoms with Crippen LogP contribution in [0.4, 0.5) is 8.78 Å². The van der Waals surface area contributed by atoms with Crippen LogP contribution in [-0.4, -0.2) is 24.6 Å². The van der Waals surface area contributed by atoms with Crippen molar-refractivity contribution >= 4 is 33.0 Å². The molecular weight excluding hydrogens is 445 g/mol. The Bertz CT molecular complexity index is 1170. The highest BCUT2D eigenvalue weighted by Gasteiger charge is 2.24. The number of aromatic amines is 1. The van der Waals surface area contributed by atoms with Crippen LogP contribution in [0.5, 0.6) is 0 Å². The molecule has 5 nitrogen and oxygen atoms in total. The van der Waals surface area contributed by atoms with Crippen LogP contribution in [0, 0.1) is 18.6 Å². The van der Waals surface area contributed by atoms with Gasteiger partial charge in [0.05, 0.1) is 22.3 Å². The quantitative estimate of drug-likeness (QED) is 0.560. The first-order chi connectivity index (χ1) is 13.6. The first-order valence-corrected chi connectivity index (χ1v) is 11.0. The molecule has 1 heterocycles. The second kappa shape index (κ2) is 8.39. The molecule has 0 radical (unpaired) electrons. The van der Waals surface area contributed by atoms with Crippen LogP contribution in [0.3, 0.4) is 0 Å². The first-order valence-electron chi connectivity index (χ1n) is 8.33. The normalized spacial score (nSPS) is 12.9. The largest absolute Gasteiger partial charge is 0.361 e. The van der Waals surface area contributed by atoms with E-state index in [2.05, 4.69) is 9.97 Å². The Morgan fingerprint density at radius 3 is 2.41 bits per heavy atom. The van der Waals surface area contributed by atoms with E-state index in [0.29, 0.717) is 16.8 Å². The summed E-state index contributed by atoms with van der Waals surface area (Å²) in [4.78, 5) is 7.05. The van der Waals surface area contributed by atoms with Gasteiger partial charge in [0.2, 0.25) is 0 Å². The van der Waals surface area contributed by atoms with Gasteiger partial charge in [-0.2, -0.15) is 0 Å². The lowest BCUT2D eigenvalue weighted by molar-refractivity contribution is 0.0612. The third-order valence-electron chi connectivity index (χ3n) is 4.11. The number of imidazole rings is 1. The maximum atomic E-state index is 13.7. The highest BCUT2D eigenvalue weighted by atomic mass is 35.5. The molecule has 10 heteroatoms. The average Bonchev–Trinajstić information content (AvgIpc) is 3.03. The summed E-state index contributed by atoms with van der Waals surface area (Å²) in [5.74, 6) is -1.01. The van der Waals surface area contributed by atoms with E-state index < -0.39 is 27.6 Å². The first kappa shape index (κ1) is 21.7. The van der Waals surface area contributed by atoms with Crippen molar-refractivity contribution < 1.29 is 21.9 Å². The summed E-state index contributed by atoms with van der Waals surface area (Å²) in [5, 5.41) is -0.262. The van der Waals surface area contributed by atoms with Crippen molar-refractivity contribution in [3.8, 4) is 0 Å². The predicted molar refractivity (Wildman–Crippen MR) is 106 cm³/mol. The average molecular weight is 461 g/mol. The van der Waals surface area contributed by atoms with Gasteiger partial charge < -0.3 is 9.72 Å². The number of halogens is 4. The Balaban J connectivity index is 1.99. The van der Waals surface area contributed by atoms with Gasteiger partial charge in [-0.15, -0.1) is 0 Å². The molecule has 0 aliphatic carbocycles. The summed E-state index contributed by atoms with van der Waals surface area (Å²) in [5.41, 5.74) is 1.28. The number of aromatic nitrogens is 2. The molecule has 1 atom stereocenters. The summed E-state index contributed by atoms with van der Waals surface area (Å²) in [6.45, 7) is 1.53. The van der Waals surface area contributed by atoms with Crippen molar-refractivity contribution in [1.82, 2.24) is 9.97 Å². The number of hydrogen-bond donors (Lipinski definition) is 1. The summed E-state index contributed by atoms with van der Waals surface area (Å²) in [6.07, 6.45) is 0.141. The smallest absolute Gasteiger partial charge is 0.194 e. The van der Waals surface area contributed by atoms with E-state index in [4.69, 9.17) is 27.9 Å². The van der Waals surface area contributed by atoms with Crippen LogP contribution in [-0.2, 0) is 21.2 Å². The summed E-state index contributed by atoms with van der Waals surface area (Å²) in [6, 6.07) is 8.21. The molecule has 0 aliphatic rings. The fourth-order valence-electron chi connectivity index (χ4n) is 2.77. The lowest BCUT2D eigenvalue weighted by atomic mass is 10.1. The fourth-order valence-corrected chi connectivity index (χ4v) is 3.95. The number of ether oxygens (including phenoxy) is 1. The second-order valence-corrected chi connectivity index (χ2v) is 9.18. The summed E-state index contributed by atoms with van der Waals surface area (Å²) < 4.78 is 57.0. The van der Waals surface area contributed by atoms with Gasteiger partial charge in [-0.1, -0.05) is 35.3 Å². The predicted octanol–water partition coefficient (Wildman–Crippen LogP) is 5.01. The van der Waals surface area contributed by atoms with Crippen LogP contribution >= 0.6 is 23.2 Å². The number of H-pyrrole nitrogens is 1. The molecule has 1 aromatic heterocycles. The minimum Gasteiger partial charge on any atom is -0.361 e. The molecule has 0 fully saturated rings. The van der Waals surface area contributed by atoms with Crippen LogP contribution < -0.4 is 0 Å². The van der Waals surface area contributed by atoms with E-state index in [1.165, 1.54) is 30.3 Å². The van der Waals surface area contributed by atoms with E-state index in [1.807, 2.05) is 0 Å². The third-order valence-corrected chi connectivity index (χ3v) is 5.80. The Morgan fingerprint density at radius 2 is 1.83 bits per heavy atom. The maximum absolute atomic E-state index is 13.7. The van der Waals surface area contributed by atoms with E-state index in [9.17, 15) is 17.2 Å². The van der Waals surface area contributed by atoms with Gasteiger partial charge in [0.15, 0.2) is 14.9 Å². The molecule has 0 amide bonds. The van der Waals surface area contributed by atoms with Crippen molar-refractivity contribution in [2.45, 2.75) is 24.7 Å². The van der Waals surface area contributed by atoms with Crippen molar-refractivity contribution in [2.75, 3.05) is 6.26 Å². The molecule has 0 saturated carbocycles. The zero-order valence-electron chi connectivity index (χ0n) is 15.3. The van der Waals surface area contributed by atoms with Crippen molar-refractivity contribution in [3.05, 3.63) is 80.7 Å². The van der Waals surface area contributed by atoms with Crippen molar-refractivity contribution in [3.63, 3.8) is 0 Å². The van der Waals surface area contributed by atoms with Crippen molar-refractivity contribution in [1.29, 1.82) is 0 Å². The van der Waals surface area contributed by atoms with E-state index in [0.717, 1.165) is 6.26 Å². The van der Waals surface area contributed by atoms with E-state index >= 15 is 0 Å². The topological polar surface area (TPSA) is 72.0 Å². The fraction of sp³-hybridized carbons (Fsp3) is 0.211. The minimum atomic E-state index is -3.57. The lowest BCUT2D eigenvalue weighted by Crippen LogP contribution is -2.09. The maximum Gasteiger partial charge on any atom is 0.194 e. The number of rotatable bonds is 6. The number of sulfone groups is 1. The Morgan fingerprint density at radius 1 is 1.10 bits per heavy atom. The number of nitrogens with zero attached hydrogens (tertiary/aromatic N) is 1. The third kappa shape index (κ3) is 4.95. The highest BCUT2D eigenvalue weighted by Crippen LogP contribution is 2.30.